The third kappa shape index (κ3) is 6.03. The van der Waals surface area contributed by atoms with E-state index in [-0.39, 0.29) is 12.2 Å². The monoisotopic (exact) mass is 377 g/mol. The van der Waals surface area contributed by atoms with E-state index in [1.807, 2.05) is 31.1 Å². The van der Waals surface area contributed by atoms with Crippen molar-refractivity contribution in [2.75, 3.05) is 36.3 Å². The Kier molecular flexibility index (Phi) is 6.18. The van der Waals surface area contributed by atoms with Gasteiger partial charge in [0, 0.05) is 24.8 Å². The molecule has 21 heavy (non-hydrogen) atoms. The summed E-state index contributed by atoms with van der Waals surface area (Å²) in [5.74, 6) is -0.513. The van der Waals surface area contributed by atoms with Gasteiger partial charge in [0.1, 0.15) is 9.84 Å². The van der Waals surface area contributed by atoms with Crippen molar-refractivity contribution in [2.24, 2.45) is 5.73 Å². The molecule has 0 saturated heterocycles. The number of nitrogens with zero attached hydrogens (tertiary/aromatic N) is 1. The summed E-state index contributed by atoms with van der Waals surface area (Å²) in [5, 5.41) is 2.74. The van der Waals surface area contributed by atoms with Crippen LogP contribution in [0.3, 0.4) is 0 Å². The van der Waals surface area contributed by atoms with E-state index in [2.05, 4.69) is 21.2 Å². The molecule has 0 aliphatic heterocycles. The van der Waals surface area contributed by atoms with Gasteiger partial charge in [0.15, 0.2) is 0 Å². The second-order valence-corrected chi connectivity index (χ2v) is 8.25. The Bertz CT molecular complexity index is 617. The molecule has 0 saturated carbocycles. The highest BCUT2D eigenvalue weighted by Gasteiger charge is 2.17. The van der Waals surface area contributed by atoms with E-state index in [9.17, 15) is 13.2 Å². The lowest BCUT2D eigenvalue weighted by atomic mass is 10.2. The fourth-order valence-corrected chi connectivity index (χ4v) is 2.74. The molecule has 1 amide bonds. The highest BCUT2D eigenvalue weighted by molar-refractivity contribution is 9.10. The maximum absolute atomic E-state index is 12.1. The van der Waals surface area contributed by atoms with Crippen LogP contribution in [-0.4, -0.2) is 46.5 Å². The van der Waals surface area contributed by atoms with Gasteiger partial charge in [0.2, 0.25) is 5.91 Å². The van der Waals surface area contributed by atoms with E-state index < -0.39 is 21.8 Å². The minimum atomic E-state index is -3.13. The number of carbonyl (C=O) groups excluding carboxylic acids is 1. The second kappa shape index (κ2) is 7.24. The average Bonchev–Trinajstić information content (AvgIpc) is 2.34. The van der Waals surface area contributed by atoms with E-state index in [0.29, 0.717) is 5.69 Å². The van der Waals surface area contributed by atoms with Gasteiger partial charge in [-0.2, -0.15) is 0 Å². The number of nitrogens with two attached hydrogens (primary N) is 1. The van der Waals surface area contributed by atoms with Crippen LogP contribution in [0.25, 0.3) is 0 Å². The van der Waals surface area contributed by atoms with Crippen LogP contribution in [0.15, 0.2) is 22.7 Å². The molecule has 1 atom stereocenters. The van der Waals surface area contributed by atoms with Crippen molar-refractivity contribution in [2.45, 2.75) is 12.5 Å². The van der Waals surface area contributed by atoms with Gasteiger partial charge in [0.25, 0.3) is 0 Å². The molecule has 3 N–H and O–H groups in total. The van der Waals surface area contributed by atoms with Crippen molar-refractivity contribution in [1.29, 1.82) is 0 Å². The number of sulfone groups is 1. The number of anilines is 2. The van der Waals surface area contributed by atoms with Crippen LogP contribution in [0.1, 0.15) is 6.42 Å². The quantitative estimate of drug-likeness (QED) is 0.777. The van der Waals surface area contributed by atoms with Crippen molar-refractivity contribution in [3.05, 3.63) is 22.7 Å². The molecular weight excluding hydrogens is 358 g/mol. The SMILES string of the molecule is CN(C)c1ccc(Br)cc1NC(=O)C(N)CCS(C)(=O)=O. The van der Waals surface area contributed by atoms with E-state index in [0.717, 1.165) is 16.4 Å². The zero-order valence-electron chi connectivity index (χ0n) is 12.3. The molecule has 0 aromatic heterocycles. The lowest BCUT2D eigenvalue weighted by Crippen LogP contribution is -2.37. The van der Waals surface area contributed by atoms with Crippen LogP contribution >= 0.6 is 15.9 Å². The molecule has 6 nitrogen and oxygen atoms in total. The molecular formula is C13H20BrN3O3S. The first-order chi connectivity index (χ1) is 9.60. The van der Waals surface area contributed by atoms with Crippen molar-refractivity contribution in [1.82, 2.24) is 0 Å². The molecule has 1 aromatic carbocycles. The van der Waals surface area contributed by atoms with Gasteiger partial charge in [-0.3, -0.25) is 4.79 Å². The lowest BCUT2D eigenvalue weighted by Gasteiger charge is -2.19. The standard InChI is InChI=1S/C13H20BrN3O3S/c1-17(2)12-5-4-9(14)8-11(12)16-13(18)10(15)6-7-21(3,19)20/h4-5,8,10H,6-7,15H2,1-3H3,(H,16,18). The van der Waals surface area contributed by atoms with Gasteiger partial charge in [-0.05, 0) is 24.6 Å². The van der Waals surface area contributed by atoms with Crippen LogP contribution in [0.4, 0.5) is 11.4 Å². The van der Waals surface area contributed by atoms with E-state index >= 15 is 0 Å². The smallest absolute Gasteiger partial charge is 0.241 e. The number of benzene rings is 1. The number of carbonyl (C=O) groups is 1. The molecule has 0 heterocycles. The predicted octanol–water partition coefficient (Wildman–Crippen LogP) is 1.22. The van der Waals surface area contributed by atoms with Crippen LogP contribution in [0.5, 0.6) is 0 Å². The summed E-state index contributed by atoms with van der Waals surface area (Å²) in [6.07, 6.45) is 1.21. The number of halogens is 1. The van der Waals surface area contributed by atoms with Crippen molar-refractivity contribution >= 4 is 43.0 Å². The Morgan fingerprint density at radius 1 is 1.43 bits per heavy atom. The molecule has 0 bridgehead atoms. The van der Waals surface area contributed by atoms with Gasteiger partial charge in [-0.1, -0.05) is 15.9 Å². The highest BCUT2D eigenvalue weighted by Crippen LogP contribution is 2.28. The minimum absolute atomic E-state index is 0.0932. The summed E-state index contributed by atoms with van der Waals surface area (Å²) < 4.78 is 23.0. The van der Waals surface area contributed by atoms with Gasteiger partial charge in [0.05, 0.1) is 23.2 Å². The molecule has 118 valence electrons. The fraction of sp³-hybridized carbons (Fsp3) is 0.462. The Balaban J connectivity index is 2.81. The summed E-state index contributed by atoms with van der Waals surface area (Å²) in [4.78, 5) is 13.9. The topological polar surface area (TPSA) is 92.5 Å². The Morgan fingerprint density at radius 3 is 2.57 bits per heavy atom. The molecule has 0 fully saturated rings. The molecule has 0 aliphatic carbocycles. The number of amides is 1. The van der Waals surface area contributed by atoms with Crippen LogP contribution in [0.2, 0.25) is 0 Å². The molecule has 1 rings (SSSR count). The van der Waals surface area contributed by atoms with E-state index in [4.69, 9.17) is 5.73 Å². The van der Waals surface area contributed by atoms with E-state index in [1.54, 1.807) is 6.07 Å². The van der Waals surface area contributed by atoms with Crippen LogP contribution in [0, 0.1) is 0 Å². The van der Waals surface area contributed by atoms with E-state index in [1.165, 1.54) is 0 Å². The summed E-state index contributed by atoms with van der Waals surface area (Å²) >= 11 is 3.35. The van der Waals surface area contributed by atoms with Crippen molar-refractivity contribution in [3.8, 4) is 0 Å². The molecule has 8 heteroatoms. The summed E-state index contributed by atoms with van der Waals surface area (Å²) in [7, 11) is 0.598. The molecule has 1 unspecified atom stereocenters. The zero-order valence-corrected chi connectivity index (χ0v) is 14.7. The summed E-state index contributed by atoms with van der Waals surface area (Å²) in [6.45, 7) is 0. The maximum atomic E-state index is 12.1. The Morgan fingerprint density at radius 2 is 2.05 bits per heavy atom. The largest absolute Gasteiger partial charge is 0.376 e. The third-order valence-electron chi connectivity index (χ3n) is 2.83. The first-order valence-corrected chi connectivity index (χ1v) is 9.16. The molecule has 0 aliphatic rings. The number of hydrogen-bond donors (Lipinski definition) is 2. The Hall–Kier alpha value is -1.12. The molecule has 0 spiro atoms. The normalized spacial score (nSPS) is 12.8. The van der Waals surface area contributed by atoms with Gasteiger partial charge >= 0.3 is 0 Å². The number of rotatable bonds is 6. The second-order valence-electron chi connectivity index (χ2n) is 5.07. The number of nitrogens with one attached hydrogen (secondary N) is 1. The first kappa shape index (κ1) is 17.9. The van der Waals surface area contributed by atoms with Crippen molar-refractivity contribution in [3.63, 3.8) is 0 Å². The molecule has 0 radical (unpaired) electrons. The Labute approximate surface area is 133 Å². The number of hydrogen-bond acceptors (Lipinski definition) is 5. The van der Waals surface area contributed by atoms with Gasteiger partial charge in [-0.25, -0.2) is 8.42 Å². The fourth-order valence-electron chi connectivity index (χ4n) is 1.70. The lowest BCUT2D eigenvalue weighted by molar-refractivity contribution is -0.117. The third-order valence-corrected chi connectivity index (χ3v) is 4.31. The van der Waals surface area contributed by atoms with Crippen LogP contribution < -0.4 is 16.0 Å². The maximum Gasteiger partial charge on any atom is 0.241 e. The molecule has 1 aromatic rings. The summed E-state index contributed by atoms with van der Waals surface area (Å²) in [6, 6.07) is 4.64. The first-order valence-electron chi connectivity index (χ1n) is 6.31. The minimum Gasteiger partial charge on any atom is -0.376 e. The zero-order chi connectivity index (χ0) is 16.2. The predicted molar refractivity (Wildman–Crippen MR) is 89.4 cm³/mol. The van der Waals surface area contributed by atoms with Crippen molar-refractivity contribution < 1.29 is 13.2 Å². The summed E-state index contributed by atoms with van der Waals surface area (Å²) in [5.41, 5.74) is 7.19. The van der Waals surface area contributed by atoms with Gasteiger partial charge in [-0.15, -0.1) is 0 Å². The van der Waals surface area contributed by atoms with Crippen LogP contribution in [-0.2, 0) is 14.6 Å². The van der Waals surface area contributed by atoms with Gasteiger partial charge < -0.3 is 16.0 Å². The average molecular weight is 378 g/mol. The highest BCUT2D eigenvalue weighted by atomic mass is 79.9.